The van der Waals surface area contributed by atoms with Gasteiger partial charge >= 0.3 is 0 Å². The Morgan fingerprint density at radius 2 is 1.92 bits per heavy atom. The van der Waals surface area contributed by atoms with E-state index in [4.69, 9.17) is 0 Å². The number of rotatable bonds is 5. The normalized spacial score (nSPS) is 17.8. The smallest absolute Gasteiger partial charge is 0.245 e. The van der Waals surface area contributed by atoms with Gasteiger partial charge in [-0.25, -0.2) is 12.8 Å². The Bertz CT molecular complexity index is 860. The Morgan fingerprint density at radius 1 is 1.23 bits per heavy atom. The molecule has 1 amide bonds. The summed E-state index contributed by atoms with van der Waals surface area (Å²) in [5.74, 6) is -1.05. The van der Waals surface area contributed by atoms with Crippen LogP contribution in [0, 0.1) is 11.7 Å². The number of hydrogen-bond donors (Lipinski definition) is 1. The number of thiophene rings is 1. The summed E-state index contributed by atoms with van der Waals surface area (Å²) in [6.45, 7) is 2.35. The van der Waals surface area contributed by atoms with E-state index in [-0.39, 0.29) is 35.9 Å². The van der Waals surface area contributed by atoms with Crippen molar-refractivity contribution in [3.05, 3.63) is 52.5 Å². The maximum atomic E-state index is 13.9. The van der Waals surface area contributed by atoms with Crippen molar-refractivity contribution in [3.8, 4) is 0 Å². The van der Waals surface area contributed by atoms with E-state index >= 15 is 0 Å². The highest BCUT2D eigenvalue weighted by molar-refractivity contribution is 7.89. The Balaban J connectivity index is 1.60. The Kier molecular flexibility index (Phi) is 5.74. The summed E-state index contributed by atoms with van der Waals surface area (Å²) < 4.78 is 40.3. The second-order valence-corrected chi connectivity index (χ2v) is 9.24. The lowest BCUT2D eigenvalue weighted by Gasteiger charge is -2.31. The first-order chi connectivity index (χ1) is 12.4. The number of sulfonamides is 1. The summed E-state index contributed by atoms with van der Waals surface area (Å²) in [7, 11) is -3.87. The van der Waals surface area contributed by atoms with Crippen molar-refractivity contribution < 1.29 is 17.6 Å². The summed E-state index contributed by atoms with van der Waals surface area (Å²) in [5, 5.41) is 4.95. The number of piperidine rings is 1. The fraction of sp³-hybridized carbons (Fsp3) is 0.389. The van der Waals surface area contributed by atoms with Gasteiger partial charge in [-0.3, -0.25) is 4.79 Å². The quantitative estimate of drug-likeness (QED) is 0.844. The molecule has 0 bridgehead atoms. The molecular weight excluding hydrogens is 375 g/mol. The van der Waals surface area contributed by atoms with Crippen molar-refractivity contribution in [1.82, 2.24) is 9.62 Å². The molecule has 1 atom stereocenters. The molecule has 5 nitrogen and oxygen atoms in total. The van der Waals surface area contributed by atoms with Gasteiger partial charge in [0.15, 0.2) is 0 Å². The van der Waals surface area contributed by atoms with Crippen LogP contribution in [0.5, 0.6) is 0 Å². The molecule has 1 fully saturated rings. The number of carbonyl (C=O) groups excluding carboxylic acids is 1. The number of nitrogens with one attached hydrogen (secondary N) is 1. The molecule has 0 saturated carbocycles. The lowest BCUT2D eigenvalue weighted by molar-refractivity contribution is -0.126. The van der Waals surface area contributed by atoms with Gasteiger partial charge in [0.1, 0.15) is 10.7 Å². The zero-order chi connectivity index (χ0) is 18.7. The second-order valence-electron chi connectivity index (χ2n) is 6.35. The molecule has 8 heteroatoms. The number of halogens is 1. The number of hydrogen-bond acceptors (Lipinski definition) is 4. The van der Waals surface area contributed by atoms with Gasteiger partial charge in [0.25, 0.3) is 0 Å². The number of carbonyl (C=O) groups is 1. The lowest BCUT2D eigenvalue weighted by atomic mass is 9.97. The van der Waals surface area contributed by atoms with E-state index in [1.54, 1.807) is 11.3 Å². The molecule has 2 aromatic rings. The van der Waals surface area contributed by atoms with E-state index in [0.29, 0.717) is 12.8 Å². The summed E-state index contributed by atoms with van der Waals surface area (Å²) in [5.41, 5.74) is 0. The zero-order valence-corrected chi connectivity index (χ0v) is 16.0. The third kappa shape index (κ3) is 3.97. The second kappa shape index (κ2) is 7.85. The molecule has 1 aromatic heterocycles. The molecule has 1 aromatic carbocycles. The first-order valence-electron chi connectivity index (χ1n) is 8.48. The molecule has 1 N–H and O–H groups in total. The fourth-order valence-electron chi connectivity index (χ4n) is 3.09. The van der Waals surface area contributed by atoms with Crippen LogP contribution in [0.1, 0.15) is 30.7 Å². The van der Waals surface area contributed by atoms with Gasteiger partial charge in [0, 0.05) is 23.9 Å². The highest BCUT2D eigenvalue weighted by atomic mass is 32.2. The minimum atomic E-state index is -3.87. The molecular formula is C18H21FN2O3S2. The minimum absolute atomic E-state index is 0.0613. The Hall–Kier alpha value is -1.77. The van der Waals surface area contributed by atoms with Crippen molar-refractivity contribution in [2.24, 2.45) is 5.92 Å². The number of benzene rings is 1. The van der Waals surface area contributed by atoms with Crippen LogP contribution in [0.15, 0.2) is 46.7 Å². The van der Waals surface area contributed by atoms with E-state index < -0.39 is 15.8 Å². The van der Waals surface area contributed by atoms with Crippen molar-refractivity contribution >= 4 is 27.3 Å². The first kappa shape index (κ1) is 19.0. The van der Waals surface area contributed by atoms with Crippen molar-refractivity contribution in [1.29, 1.82) is 0 Å². The van der Waals surface area contributed by atoms with Crippen molar-refractivity contribution in [3.63, 3.8) is 0 Å². The summed E-state index contributed by atoms with van der Waals surface area (Å²) in [6, 6.07) is 9.21. The predicted molar refractivity (Wildman–Crippen MR) is 98.8 cm³/mol. The summed E-state index contributed by atoms with van der Waals surface area (Å²) in [4.78, 5) is 13.2. The van der Waals surface area contributed by atoms with Crippen LogP contribution >= 0.6 is 11.3 Å². The van der Waals surface area contributed by atoms with Crippen LogP contribution in [0.3, 0.4) is 0 Å². The number of nitrogens with zero attached hydrogens (tertiary/aromatic N) is 1. The van der Waals surface area contributed by atoms with Crippen molar-refractivity contribution in [2.45, 2.75) is 30.7 Å². The summed E-state index contributed by atoms with van der Waals surface area (Å²) in [6.07, 6.45) is 0.855. The first-order valence-corrected chi connectivity index (χ1v) is 10.8. The zero-order valence-electron chi connectivity index (χ0n) is 14.4. The van der Waals surface area contributed by atoms with E-state index in [9.17, 15) is 17.6 Å². The molecule has 0 spiro atoms. The highest BCUT2D eigenvalue weighted by Gasteiger charge is 2.33. The highest BCUT2D eigenvalue weighted by Crippen LogP contribution is 2.26. The third-order valence-corrected chi connectivity index (χ3v) is 7.59. The van der Waals surface area contributed by atoms with Gasteiger partial charge in [-0.15, -0.1) is 11.3 Å². The Labute approximate surface area is 156 Å². The third-order valence-electron chi connectivity index (χ3n) is 4.61. The van der Waals surface area contributed by atoms with Crippen LogP contribution in [-0.4, -0.2) is 31.7 Å². The molecule has 3 rings (SSSR count). The van der Waals surface area contributed by atoms with Gasteiger partial charge in [-0.2, -0.15) is 4.31 Å². The van der Waals surface area contributed by atoms with Gasteiger partial charge in [-0.1, -0.05) is 18.2 Å². The molecule has 1 aliphatic heterocycles. The lowest BCUT2D eigenvalue weighted by Crippen LogP contribution is -2.43. The maximum absolute atomic E-state index is 13.9. The van der Waals surface area contributed by atoms with Gasteiger partial charge in [-0.05, 0) is 43.3 Å². The molecule has 1 saturated heterocycles. The van der Waals surface area contributed by atoms with E-state index in [1.165, 1.54) is 22.5 Å². The van der Waals surface area contributed by atoms with Crippen LogP contribution in [0.25, 0.3) is 0 Å². The van der Waals surface area contributed by atoms with E-state index in [2.05, 4.69) is 5.32 Å². The van der Waals surface area contributed by atoms with Crippen molar-refractivity contribution in [2.75, 3.05) is 13.1 Å². The van der Waals surface area contributed by atoms with Gasteiger partial charge in [0.05, 0.1) is 6.04 Å². The number of amides is 1. The molecule has 26 heavy (non-hydrogen) atoms. The molecule has 0 aliphatic carbocycles. The largest absolute Gasteiger partial charge is 0.349 e. The van der Waals surface area contributed by atoms with E-state index in [0.717, 1.165) is 10.9 Å². The monoisotopic (exact) mass is 396 g/mol. The van der Waals surface area contributed by atoms with Gasteiger partial charge in [0.2, 0.25) is 15.9 Å². The average Bonchev–Trinajstić information content (AvgIpc) is 3.17. The predicted octanol–water partition coefficient (Wildman–Crippen LogP) is 3.17. The van der Waals surface area contributed by atoms with Crippen LogP contribution in [-0.2, 0) is 14.8 Å². The molecule has 1 aliphatic rings. The topological polar surface area (TPSA) is 66.5 Å². The fourth-order valence-corrected chi connectivity index (χ4v) is 5.36. The van der Waals surface area contributed by atoms with Crippen LogP contribution in [0.2, 0.25) is 0 Å². The SMILES string of the molecule is CC(NC(=O)C1CCN(S(=O)(=O)c2ccccc2F)CC1)c1cccs1. The van der Waals surface area contributed by atoms with Crippen LogP contribution in [0.4, 0.5) is 4.39 Å². The average molecular weight is 397 g/mol. The Morgan fingerprint density at radius 3 is 2.54 bits per heavy atom. The molecule has 0 radical (unpaired) electrons. The molecule has 140 valence electrons. The standard InChI is InChI=1S/C18H21FN2O3S2/c1-13(16-6-4-12-25-16)20-18(22)14-8-10-21(11-9-14)26(23,24)17-7-3-2-5-15(17)19/h2-7,12-14H,8-11H2,1H3,(H,20,22). The maximum Gasteiger partial charge on any atom is 0.245 e. The minimum Gasteiger partial charge on any atom is -0.349 e. The molecule has 1 unspecified atom stereocenters. The van der Waals surface area contributed by atoms with E-state index in [1.807, 2.05) is 24.4 Å². The van der Waals surface area contributed by atoms with Crippen LogP contribution < -0.4 is 5.32 Å². The summed E-state index contributed by atoms with van der Waals surface area (Å²) >= 11 is 1.58. The van der Waals surface area contributed by atoms with Gasteiger partial charge < -0.3 is 5.32 Å². The molecule has 2 heterocycles.